The van der Waals surface area contributed by atoms with Crippen molar-refractivity contribution >= 4 is 30.6 Å². The largest absolute Gasteiger partial charge is 0.472 e. The van der Waals surface area contributed by atoms with Crippen molar-refractivity contribution in [1.29, 1.82) is 0 Å². The fourth-order valence-corrected chi connectivity index (χ4v) is 3.88. The Morgan fingerprint density at radius 1 is 1.39 bits per heavy atom. The van der Waals surface area contributed by atoms with Crippen molar-refractivity contribution in [3.63, 3.8) is 0 Å². The van der Waals surface area contributed by atoms with Crippen LogP contribution in [-0.4, -0.2) is 66.4 Å². The van der Waals surface area contributed by atoms with E-state index in [0.717, 1.165) is 10.9 Å². The number of carbonyl (C=O) groups excluding carboxylic acids is 1. The number of anilines is 1. The average Bonchev–Trinajstić information content (AvgIpc) is 3.14. The minimum atomic E-state index is -5.23. The van der Waals surface area contributed by atoms with Gasteiger partial charge in [-0.2, -0.15) is 13.2 Å². The molecule has 0 bridgehead atoms. The molecular formula is C12H11F3N5O7P. The summed E-state index contributed by atoms with van der Waals surface area (Å²) in [6, 6.07) is 0. The fourth-order valence-electron chi connectivity index (χ4n) is 2.92. The Balaban J connectivity index is 1.75. The van der Waals surface area contributed by atoms with Crippen LogP contribution >= 0.6 is 7.82 Å². The molecule has 28 heavy (non-hydrogen) atoms. The number of hydrogen-bond donors (Lipinski definition) is 3. The number of aliphatic hydroxyl groups excluding tert-OH is 1. The van der Waals surface area contributed by atoms with Gasteiger partial charge < -0.3 is 20.5 Å². The van der Waals surface area contributed by atoms with E-state index in [4.69, 9.17) is 15.0 Å². The quantitative estimate of drug-likeness (QED) is 0.434. The molecule has 0 aromatic carbocycles. The maximum absolute atomic E-state index is 12.7. The summed E-state index contributed by atoms with van der Waals surface area (Å²) in [7, 11) is -4.37. The number of halogens is 3. The first kappa shape index (κ1) is 19.2. The van der Waals surface area contributed by atoms with Crippen LogP contribution < -0.4 is 5.73 Å². The highest BCUT2D eigenvalue weighted by Crippen LogP contribution is 2.52. The van der Waals surface area contributed by atoms with Crippen LogP contribution in [-0.2, 0) is 18.3 Å². The molecule has 2 fully saturated rings. The number of ketones is 1. The Bertz CT molecular complexity index is 1010. The Morgan fingerprint density at radius 3 is 2.79 bits per heavy atom. The number of carbonyl (C=O) groups is 1. The van der Waals surface area contributed by atoms with E-state index in [1.165, 1.54) is 0 Å². The van der Waals surface area contributed by atoms with Crippen LogP contribution in [0.1, 0.15) is 16.8 Å². The number of rotatable bonds is 2. The van der Waals surface area contributed by atoms with Gasteiger partial charge in [0, 0.05) is 0 Å². The number of nitrogens with two attached hydrogens (primary N) is 1. The SMILES string of the molecule is Nc1nc(C(=O)C(F)(F)F)nc2c1ncn2[C@@H]1O[C@@H]2COP(=O)(O)O[C@H]2[C@H]1O. The summed E-state index contributed by atoms with van der Waals surface area (Å²) >= 11 is 0. The number of Topliss-reactive ketones (excluding diaryl/α,β-unsaturated/α-hetero) is 1. The van der Waals surface area contributed by atoms with E-state index in [2.05, 4.69) is 19.5 Å². The molecule has 0 aliphatic carbocycles. The first-order valence-electron chi connectivity index (χ1n) is 7.59. The van der Waals surface area contributed by atoms with Gasteiger partial charge in [-0.3, -0.25) is 18.4 Å². The highest BCUT2D eigenvalue weighted by atomic mass is 31.2. The van der Waals surface area contributed by atoms with Crippen molar-refractivity contribution in [2.24, 2.45) is 0 Å². The minimum Gasteiger partial charge on any atom is -0.386 e. The second kappa shape index (κ2) is 6.17. The Hall–Kier alpha value is -2.16. The number of phosphoric ester groups is 1. The van der Waals surface area contributed by atoms with Crippen LogP contribution in [0.5, 0.6) is 0 Å². The van der Waals surface area contributed by atoms with Crippen molar-refractivity contribution < 1.29 is 46.3 Å². The van der Waals surface area contributed by atoms with Crippen LogP contribution in [0.2, 0.25) is 0 Å². The summed E-state index contributed by atoms with van der Waals surface area (Å²) in [6.45, 7) is -0.367. The Kier molecular flexibility index (Phi) is 4.22. The average molecular weight is 425 g/mol. The molecule has 2 aromatic heterocycles. The summed E-state index contributed by atoms with van der Waals surface area (Å²) in [4.78, 5) is 31.6. The van der Waals surface area contributed by atoms with Crippen LogP contribution in [0.3, 0.4) is 0 Å². The zero-order chi connectivity index (χ0) is 20.4. The number of hydrogen-bond acceptors (Lipinski definition) is 10. The van der Waals surface area contributed by atoms with Gasteiger partial charge in [0.1, 0.15) is 23.8 Å². The number of alkyl halides is 3. The molecule has 0 amide bonds. The van der Waals surface area contributed by atoms with Crippen molar-refractivity contribution in [2.45, 2.75) is 30.7 Å². The van der Waals surface area contributed by atoms with Gasteiger partial charge in [0.25, 0.3) is 0 Å². The lowest BCUT2D eigenvalue weighted by molar-refractivity contribution is -0.0891. The van der Waals surface area contributed by atoms with E-state index in [0.29, 0.717) is 0 Å². The van der Waals surface area contributed by atoms with E-state index in [1.807, 2.05) is 0 Å². The number of aliphatic hydroxyl groups is 1. The number of nitrogens with zero attached hydrogens (tertiary/aromatic N) is 4. The molecule has 16 heteroatoms. The van der Waals surface area contributed by atoms with Crippen LogP contribution in [0.15, 0.2) is 6.33 Å². The first-order valence-corrected chi connectivity index (χ1v) is 9.08. The van der Waals surface area contributed by atoms with Crippen molar-refractivity contribution in [1.82, 2.24) is 19.5 Å². The normalized spacial score (nSPS) is 33.2. The van der Waals surface area contributed by atoms with E-state index >= 15 is 0 Å². The molecule has 4 N–H and O–H groups in total. The zero-order valence-electron chi connectivity index (χ0n) is 13.5. The monoisotopic (exact) mass is 425 g/mol. The molecule has 2 aliphatic rings. The van der Waals surface area contributed by atoms with Gasteiger partial charge in [-0.15, -0.1) is 0 Å². The maximum Gasteiger partial charge on any atom is 0.472 e. The van der Waals surface area contributed by atoms with Gasteiger partial charge in [-0.05, 0) is 0 Å². The Labute approximate surface area is 152 Å². The van der Waals surface area contributed by atoms with Crippen LogP contribution in [0.25, 0.3) is 11.2 Å². The minimum absolute atomic E-state index is 0.130. The smallest absolute Gasteiger partial charge is 0.386 e. The number of fused-ring (bicyclic) bond motifs is 2. The number of phosphoric acid groups is 1. The Morgan fingerprint density at radius 2 is 2.11 bits per heavy atom. The fraction of sp³-hybridized carbons (Fsp3) is 0.500. The molecule has 0 radical (unpaired) electrons. The van der Waals surface area contributed by atoms with Gasteiger partial charge in [0.2, 0.25) is 5.82 Å². The summed E-state index contributed by atoms with van der Waals surface area (Å²) in [5.41, 5.74) is 5.13. The highest BCUT2D eigenvalue weighted by molar-refractivity contribution is 7.47. The highest BCUT2D eigenvalue weighted by Gasteiger charge is 2.52. The molecule has 1 unspecified atom stereocenters. The molecule has 2 saturated heterocycles. The van der Waals surface area contributed by atoms with E-state index in [9.17, 15) is 32.5 Å². The van der Waals surface area contributed by atoms with Gasteiger partial charge in [-0.25, -0.2) is 19.5 Å². The van der Waals surface area contributed by atoms with E-state index in [-0.39, 0.29) is 17.8 Å². The van der Waals surface area contributed by atoms with Gasteiger partial charge >= 0.3 is 19.8 Å². The molecule has 4 rings (SSSR count). The molecule has 12 nitrogen and oxygen atoms in total. The molecule has 2 aromatic rings. The van der Waals surface area contributed by atoms with Crippen molar-refractivity contribution in [3.8, 4) is 0 Å². The van der Waals surface area contributed by atoms with E-state index in [1.54, 1.807) is 0 Å². The summed E-state index contributed by atoms with van der Waals surface area (Å²) in [5, 5.41) is 10.4. The van der Waals surface area contributed by atoms with Crippen LogP contribution in [0.4, 0.5) is 19.0 Å². The molecule has 4 heterocycles. The predicted molar refractivity (Wildman–Crippen MR) is 80.7 cm³/mol. The molecule has 5 atom stereocenters. The van der Waals surface area contributed by atoms with Crippen molar-refractivity contribution in [2.75, 3.05) is 12.3 Å². The predicted octanol–water partition coefficient (Wildman–Crippen LogP) is -0.0724. The molecular weight excluding hydrogens is 414 g/mol. The number of aromatic nitrogens is 4. The third-order valence-electron chi connectivity index (χ3n) is 4.15. The van der Waals surface area contributed by atoms with Gasteiger partial charge in [-0.1, -0.05) is 0 Å². The third kappa shape index (κ3) is 3.05. The topological polar surface area (TPSA) is 172 Å². The van der Waals surface area contributed by atoms with Crippen LogP contribution in [0, 0.1) is 0 Å². The first-order chi connectivity index (χ1) is 13.0. The standard InChI is InChI=1S/C12H11F3N5O7P/c13-12(14,15)7(22)9-18-8(16)4-10(19-9)20(2-17-4)11-5(21)6-3(26-11)1-25-28(23,24)27-6/h2-3,5-6,11,21H,1H2,(H,23,24)(H2,16,18,19)/t3-,5-,6-,11-/m1/s1. The molecule has 152 valence electrons. The molecule has 2 aliphatic heterocycles. The lowest BCUT2D eigenvalue weighted by Crippen LogP contribution is -2.39. The summed E-state index contributed by atoms with van der Waals surface area (Å²) in [6.07, 6.45) is -9.20. The lowest BCUT2D eigenvalue weighted by Gasteiger charge is -2.27. The number of imidazole rings is 1. The number of nitrogen functional groups attached to an aromatic ring is 1. The molecule has 0 spiro atoms. The van der Waals surface area contributed by atoms with E-state index < -0.39 is 56.0 Å². The molecule has 0 saturated carbocycles. The number of ether oxygens (including phenoxy) is 1. The van der Waals surface area contributed by atoms with Gasteiger partial charge in [0.15, 0.2) is 17.7 Å². The lowest BCUT2D eigenvalue weighted by atomic mass is 10.1. The summed E-state index contributed by atoms with van der Waals surface area (Å²) < 4.78 is 65.5. The van der Waals surface area contributed by atoms with Crippen molar-refractivity contribution in [3.05, 3.63) is 12.2 Å². The second-order valence-electron chi connectivity index (χ2n) is 5.97. The third-order valence-corrected chi connectivity index (χ3v) is 5.13. The second-order valence-corrected chi connectivity index (χ2v) is 7.38. The maximum atomic E-state index is 12.7. The van der Waals surface area contributed by atoms with Gasteiger partial charge in [0.05, 0.1) is 12.9 Å². The summed E-state index contributed by atoms with van der Waals surface area (Å²) in [5.74, 6) is -4.00. The zero-order valence-corrected chi connectivity index (χ0v) is 14.4.